The minimum atomic E-state index is 0.106. The molecule has 7 nitrogen and oxygen atoms in total. The third kappa shape index (κ3) is 2.21. The maximum Gasteiger partial charge on any atom is 0.135 e. The van der Waals surface area contributed by atoms with Crippen LogP contribution in [0, 0.1) is 0 Å². The zero-order valence-electron chi connectivity index (χ0n) is 12.9. The summed E-state index contributed by atoms with van der Waals surface area (Å²) >= 11 is 0. The Morgan fingerprint density at radius 3 is 2.76 bits per heavy atom. The van der Waals surface area contributed by atoms with Crippen LogP contribution in [-0.4, -0.2) is 35.2 Å². The summed E-state index contributed by atoms with van der Waals surface area (Å²) < 4.78 is 0. The molecule has 0 aliphatic carbocycles. The molecule has 0 spiro atoms. The molecule has 0 bridgehead atoms. The highest BCUT2D eigenvalue weighted by atomic mass is 16.3. The van der Waals surface area contributed by atoms with Gasteiger partial charge < -0.3 is 10.1 Å². The Labute approximate surface area is 141 Å². The van der Waals surface area contributed by atoms with Crippen LogP contribution in [0.25, 0.3) is 44.6 Å². The van der Waals surface area contributed by atoms with Gasteiger partial charge in [-0.05, 0) is 30.3 Å². The third-order valence-electron chi connectivity index (χ3n) is 4.11. The average Bonchev–Trinajstić information content (AvgIpc) is 3.24. The predicted octanol–water partition coefficient (Wildman–Crippen LogP) is 3.27. The fraction of sp³-hybridized carbons (Fsp3) is 0. The lowest BCUT2D eigenvalue weighted by Gasteiger charge is -2.01. The summed E-state index contributed by atoms with van der Waals surface area (Å²) in [6.45, 7) is 0. The number of nitrogens with zero attached hydrogens (tertiary/aromatic N) is 4. The molecule has 0 aliphatic heterocycles. The number of fused-ring (bicyclic) bond motifs is 2. The molecule has 3 N–H and O–H groups in total. The van der Waals surface area contributed by atoms with Gasteiger partial charge in [-0.3, -0.25) is 15.1 Å². The molecule has 5 aromatic heterocycles. The summed E-state index contributed by atoms with van der Waals surface area (Å²) in [5.41, 5.74) is 5.60. The summed E-state index contributed by atoms with van der Waals surface area (Å²) in [5, 5.41) is 18.1. The third-order valence-corrected chi connectivity index (χ3v) is 4.11. The van der Waals surface area contributed by atoms with Crippen LogP contribution in [-0.2, 0) is 0 Å². The largest absolute Gasteiger partial charge is 0.506 e. The summed E-state index contributed by atoms with van der Waals surface area (Å²) in [5.74, 6) is 0.106. The Morgan fingerprint density at radius 1 is 0.920 bits per heavy atom. The Kier molecular flexibility index (Phi) is 2.81. The van der Waals surface area contributed by atoms with Gasteiger partial charge >= 0.3 is 0 Å². The van der Waals surface area contributed by atoms with E-state index in [-0.39, 0.29) is 5.75 Å². The van der Waals surface area contributed by atoms with Crippen LogP contribution in [0.2, 0.25) is 0 Å². The topological polar surface area (TPSA) is 103 Å². The van der Waals surface area contributed by atoms with Crippen LogP contribution >= 0.6 is 0 Å². The highest BCUT2D eigenvalue weighted by Gasteiger charge is 2.13. The van der Waals surface area contributed by atoms with Crippen LogP contribution in [0.15, 0.2) is 55.1 Å². The van der Waals surface area contributed by atoms with Gasteiger partial charge in [-0.25, -0.2) is 4.98 Å². The fourth-order valence-corrected chi connectivity index (χ4v) is 2.92. The first-order valence-corrected chi connectivity index (χ1v) is 7.70. The number of hydrogen-bond acceptors (Lipinski definition) is 5. The molecule has 0 radical (unpaired) electrons. The van der Waals surface area contributed by atoms with Crippen molar-refractivity contribution < 1.29 is 5.11 Å². The van der Waals surface area contributed by atoms with Crippen molar-refractivity contribution in [2.45, 2.75) is 0 Å². The van der Waals surface area contributed by atoms with Gasteiger partial charge in [0.25, 0.3) is 0 Å². The van der Waals surface area contributed by atoms with Crippen LogP contribution in [0.3, 0.4) is 0 Å². The zero-order valence-corrected chi connectivity index (χ0v) is 12.9. The molecule has 0 saturated carbocycles. The molecule has 0 atom stereocenters. The van der Waals surface area contributed by atoms with Crippen molar-refractivity contribution in [3.8, 4) is 28.4 Å². The minimum absolute atomic E-state index is 0.106. The highest BCUT2D eigenvalue weighted by Crippen LogP contribution is 2.29. The lowest BCUT2D eigenvalue weighted by Crippen LogP contribution is -1.86. The normalized spacial score (nSPS) is 11.4. The summed E-state index contributed by atoms with van der Waals surface area (Å²) in [4.78, 5) is 16.2. The van der Waals surface area contributed by atoms with E-state index in [1.807, 2.05) is 24.3 Å². The number of hydrogen-bond donors (Lipinski definition) is 3. The second-order valence-corrected chi connectivity index (χ2v) is 5.74. The van der Waals surface area contributed by atoms with Gasteiger partial charge in [0.05, 0.1) is 34.8 Å². The molecule has 0 unspecified atom stereocenters. The minimum Gasteiger partial charge on any atom is -0.506 e. The van der Waals surface area contributed by atoms with Gasteiger partial charge in [0.1, 0.15) is 17.0 Å². The van der Waals surface area contributed by atoms with E-state index in [1.54, 1.807) is 24.7 Å². The van der Waals surface area contributed by atoms with Gasteiger partial charge in [0.15, 0.2) is 0 Å². The van der Waals surface area contributed by atoms with E-state index in [2.05, 4.69) is 25.1 Å². The molecule has 0 aromatic carbocycles. The maximum absolute atomic E-state index is 9.64. The molecule has 0 aliphatic rings. The first-order valence-electron chi connectivity index (χ1n) is 7.70. The lowest BCUT2D eigenvalue weighted by atomic mass is 10.1. The van der Waals surface area contributed by atoms with Crippen molar-refractivity contribution >= 4 is 21.9 Å². The highest BCUT2D eigenvalue weighted by molar-refractivity contribution is 5.94. The molecule has 5 rings (SSSR count). The molecule has 120 valence electrons. The van der Waals surface area contributed by atoms with Crippen molar-refractivity contribution in [1.29, 1.82) is 0 Å². The smallest absolute Gasteiger partial charge is 0.135 e. The number of nitrogens with one attached hydrogen (secondary N) is 2. The quantitative estimate of drug-likeness (QED) is 0.461. The Bertz CT molecular complexity index is 1190. The Hall–Kier alpha value is -3.74. The Morgan fingerprint density at radius 2 is 1.88 bits per heavy atom. The average molecular weight is 328 g/mol. The molecular weight excluding hydrogens is 316 g/mol. The monoisotopic (exact) mass is 328 g/mol. The van der Waals surface area contributed by atoms with E-state index < -0.39 is 0 Å². The van der Waals surface area contributed by atoms with Crippen molar-refractivity contribution in [3.05, 3.63) is 55.1 Å². The van der Waals surface area contributed by atoms with Crippen molar-refractivity contribution in [3.63, 3.8) is 0 Å². The molecular formula is C18H12N6O. The first kappa shape index (κ1) is 13.7. The summed E-state index contributed by atoms with van der Waals surface area (Å²) in [6, 6.07) is 9.40. The molecule has 5 heterocycles. The van der Waals surface area contributed by atoms with Crippen LogP contribution < -0.4 is 0 Å². The van der Waals surface area contributed by atoms with E-state index in [1.165, 1.54) is 6.20 Å². The summed E-state index contributed by atoms with van der Waals surface area (Å²) in [7, 11) is 0. The number of aromatic nitrogens is 6. The second kappa shape index (κ2) is 5.13. The Balaban J connectivity index is 1.70. The van der Waals surface area contributed by atoms with Crippen LogP contribution in [0.5, 0.6) is 5.75 Å². The van der Waals surface area contributed by atoms with E-state index in [0.29, 0.717) is 0 Å². The maximum atomic E-state index is 9.64. The second-order valence-electron chi connectivity index (χ2n) is 5.74. The number of rotatable bonds is 2. The van der Waals surface area contributed by atoms with Gasteiger partial charge in [-0.15, -0.1) is 0 Å². The molecule has 0 saturated heterocycles. The van der Waals surface area contributed by atoms with Crippen LogP contribution in [0.1, 0.15) is 0 Å². The van der Waals surface area contributed by atoms with E-state index >= 15 is 0 Å². The lowest BCUT2D eigenvalue weighted by molar-refractivity contribution is 0.473. The number of H-pyrrole nitrogens is 2. The van der Waals surface area contributed by atoms with E-state index in [4.69, 9.17) is 4.98 Å². The van der Waals surface area contributed by atoms with Crippen LogP contribution in [0.4, 0.5) is 0 Å². The molecule has 25 heavy (non-hydrogen) atoms. The van der Waals surface area contributed by atoms with Gasteiger partial charge in [-0.2, -0.15) is 5.10 Å². The standard InChI is InChI=1S/C18H12N6O/c25-12-5-11(7-20-8-12)13-1-2-14-17(22-13)18(24-23-14)15-6-10-3-4-19-9-16(10)21-15/h1-9,21,25H,(H,23,24). The zero-order chi connectivity index (χ0) is 16.8. The molecule has 7 heteroatoms. The first-order chi connectivity index (χ1) is 12.3. The predicted molar refractivity (Wildman–Crippen MR) is 93.9 cm³/mol. The van der Waals surface area contributed by atoms with Crippen molar-refractivity contribution in [2.75, 3.05) is 0 Å². The number of aromatic hydroxyl groups is 1. The molecule has 0 amide bonds. The van der Waals surface area contributed by atoms with Crippen molar-refractivity contribution in [1.82, 2.24) is 30.1 Å². The van der Waals surface area contributed by atoms with Gasteiger partial charge in [0, 0.05) is 23.3 Å². The number of pyridine rings is 3. The molecule has 0 fully saturated rings. The summed E-state index contributed by atoms with van der Waals surface area (Å²) in [6.07, 6.45) is 6.60. The van der Waals surface area contributed by atoms with Crippen molar-refractivity contribution in [2.24, 2.45) is 0 Å². The SMILES string of the molecule is Oc1cncc(-c2ccc3[nH]nc(-c4cc5ccncc5[nH]4)c3n2)c1. The molecule has 5 aromatic rings. The fourth-order valence-electron chi connectivity index (χ4n) is 2.92. The number of aromatic amines is 2. The van der Waals surface area contributed by atoms with E-state index in [9.17, 15) is 5.11 Å². The van der Waals surface area contributed by atoms with E-state index in [0.717, 1.165) is 44.6 Å². The van der Waals surface area contributed by atoms with Gasteiger partial charge in [-0.1, -0.05) is 0 Å². The van der Waals surface area contributed by atoms with Gasteiger partial charge in [0.2, 0.25) is 0 Å².